The Bertz CT molecular complexity index is 721. The first-order chi connectivity index (χ1) is 12.8. The largest absolute Gasteiger partial charge is 0.356 e. The van der Waals surface area contributed by atoms with Gasteiger partial charge >= 0.3 is 0 Å². The molecule has 1 aromatic heterocycles. The fraction of sp³-hybridized carbons (Fsp3) is 0.619. The standard InChI is InChI=1S/C21H30N4S/c1-26-18-5-6-20-19(15-18)21(23-16-22-20)25-13-8-17(9-14-25)7-12-24-10-3-2-4-11-24/h5-6,15-17H,2-4,7-14H2,1H3. The van der Waals surface area contributed by atoms with E-state index in [2.05, 4.69) is 44.2 Å². The molecule has 0 amide bonds. The van der Waals surface area contributed by atoms with Crippen molar-refractivity contribution in [2.75, 3.05) is 43.9 Å². The molecule has 2 saturated heterocycles. The van der Waals surface area contributed by atoms with Crippen LogP contribution in [0.15, 0.2) is 29.4 Å². The first-order valence-corrected chi connectivity index (χ1v) is 11.3. The fourth-order valence-electron chi connectivity index (χ4n) is 4.38. The summed E-state index contributed by atoms with van der Waals surface area (Å²) in [4.78, 5) is 15.5. The smallest absolute Gasteiger partial charge is 0.139 e. The van der Waals surface area contributed by atoms with Crippen molar-refractivity contribution < 1.29 is 0 Å². The summed E-state index contributed by atoms with van der Waals surface area (Å²) in [6, 6.07) is 6.52. The van der Waals surface area contributed by atoms with Gasteiger partial charge in [-0.05, 0) is 82.1 Å². The molecule has 0 bridgehead atoms. The summed E-state index contributed by atoms with van der Waals surface area (Å²) in [5.41, 5.74) is 1.06. The van der Waals surface area contributed by atoms with Crippen molar-refractivity contribution >= 4 is 28.5 Å². The Hall–Kier alpha value is -1.33. The minimum Gasteiger partial charge on any atom is -0.356 e. The summed E-state index contributed by atoms with van der Waals surface area (Å²) in [7, 11) is 0. The average molecular weight is 371 g/mol. The molecule has 2 aliphatic heterocycles. The maximum atomic E-state index is 4.65. The SMILES string of the molecule is CSc1ccc2ncnc(N3CCC(CCN4CCCCC4)CC3)c2c1. The van der Waals surface area contributed by atoms with E-state index in [-0.39, 0.29) is 0 Å². The zero-order valence-corrected chi connectivity index (χ0v) is 16.7. The number of thioether (sulfide) groups is 1. The van der Waals surface area contributed by atoms with E-state index in [1.54, 1.807) is 18.1 Å². The van der Waals surface area contributed by atoms with Gasteiger partial charge in [0, 0.05) is 23.4 Å². The Morgan fingerprint density at radius 1 is 1.04 bits per heavy atom. The molecule has 26 heavy (non-hydrogen) atoms. The van der Waals surface area contributed by atoms with Crippen LogP contribution in [0.5, 0.6) is 0 Å². The van der Waals surface area contributed by atoms with E-state index in [1.807, 2.05) is 0 Å². The van der Waals surface area contributed by atoms with Gasteiger partial charge in [-0.1, -0.05) is 6.42 Å². The molecule has 0 atom stereocenters. The van der Waals surface area contributed by atoms with Crippen molar-refractivity contribution in [1.82, 2.24) is 14.9 Å². The van der Waals surface area contributed by atoms with E-state index >= 15 is 0 Å². The topological polar surface area (TPSA) is 32.3 Å². The highest BCUT2D eigenvalue weighted by Crippen LogP contribution is 2.31. The lowest BCUT2D eigenvalue weighted by Crippen LogP contribution is -2.36. The highest BCUT2D eigenvalue weighted by Gasteiger charge is 2.22. The van der Waals surface area contributed by atoms with Gasteiger partial charge < -0.3 is 9.80 Å². The number of aromatic nitrogens is 2. The lowest BCUT2D eigenvalue weighted by molar-refractivity contribution is 0.205. The van der Waals surface area contributed by atoms with Gasteiger partial charge in [0.1, 0.15) is 12.1 Å². The van der Waals surface area contributed by atoms with Crippen molar-refractivity contribution in [2.45, 2.75) is 43.4 Å². The molecule has 140 valence electrons. The zero-order valence-electron chi connectivity index (χ0n) is 15.9. The molecular formula is C21H30N4S. The predicted molar refractivity (Wildman–Crippen MR) is 111 cm³/mol. The van der Waals surface area contributed by atoms with E-state index in [9.17, 15) is 0 Å². The van der Waals surface area contributed by atoms with Crippen LogP contribution in [0.2, 0.25) is 0 Å². The first kappa shape index (κ1) is 18.1. The molecule has 0 saturated carbocycles. The highest BCUT2D eigenvalue weighted by molar-refractivity contribution is 7.98. The van der Waals surface area contributed by atoms with Crippen molar-refractivity contribution in [3.05, 3.63) is 24.5 Å². The molecular weight excluding hydrogens is 340 g/mol. The number of anilines is 1. The monoisotopic (exact) mass is 370 g/mol. The molecule has 0 N–H and O–H groups in total. The quantitative estimate of drug-likeness (QED) is 0.726. The lowest BCUT2D eigenvalue weighted by Gasteiger charge is -2.35. The number of hydrogen-bond donors (Lipinski definition) is 0. The Morgan fingerprint density at radius 3 is 2.62 bits per heavy atom. The summed E-state index contributed by atoms with van der Waals surface area (Å²) in [6.45, 7) is 6.20. The second-order valence-corrected chi connectivity index (χ2v) is 8.58. The van der Waals surface area contributed by atoms with Gasteiger partial charge in [-0.15, -0.1) is 11.8 Å². The van der Waals surface area contributed by atoms with Gasteiger partial charge in [-0.3, -0.25) is 0 Å². The van der Waals surface area contributed by atoms with E-state index in [1.165, 1.54) is 68.4 Å². The first-order valence-electron chi connectivity index (χ1n) is 10.1. The number of likely N-dealkylation sites (tertiary alicyclic amines) is 1. The second kappa shape index (κ2) is 8.57. The Kier molecular flexibility index (Phi) is 5.95. The van der Waals surface area contributed by atoms with Gasteiger partial charge in [0.05, 0.1) is 5.52 Å². The van der Waals surface area contributed by atoms with Crippen LogP contribution in [0, 0.1) is 5.92 Å². The van der Waals surface area contributed by atoms with E-state index in [0.29, 0.717) is 0 Å². The van der Waals surface area contributed by atoms with Gasteiger partial charge in [0.15, 0.2) is 0 Å². The number of fused-ring (bicyclic) bond motifs is 1. The Labute approximate surface area is 161 Å². The highest BCUT2D eigenvalue weighted by atomic mass is 32.2. The number of benzene rings is 1. The molecule has 2 fully saturated rings. The molecule has 2 aromatic rings. The van der Waals surface area contributed by atoms with E-state index in [0.717, 1.165) is 30.3 Å². The average Bonchev–Trinajstić information content (AvgIpc) is 2.72. The van der Waals surface area contributed by atoms with Gasteiger partial charge in [0.2, 0.25) is 0 Å². The molecule has 0 aliphatic carbocycles. The molecule has 4 nitrogen and oxygen atoms in total. The summed E-state index contributed by atoms with van der Waals surface area (Å²) < 4.78 is 0. The maximum Gasteiger partial charge on any atom is 0.139 e. The van der Waals surface area contributed by atoms with Gasteiger partial charge in [0.25, 0.3) is 0 Å². The maximum absolute atomic E-state index is 4.65. The molecule has 5 heteroatoms. The Balaban J connectivity index is 1.37. The molecule has 3 heterocycles. The van der Waals surface area contributed by atoms with Gasteiger partial charge in [-0.2, -0.15) is 0 Å². The summed E-state index contributed by atoms with van der Waals surface area (Å²) in [5.74, 6) is 2.00. The number of nitrogens with zero attached hydrogens (tertiary/aromatic N) is 4. The third-order valence-electron chi connectivity index (χ3n) is 6.04. The molecule has 0 unspecified atom stereocenters. The van der Waals surface area contributed by atoms with Crippen LogP contribution in [0.1, 0.15) is 38.5 Å². The van der Waals surface area contributed by atoms with Crippen LogP contribution >= 0.6 is 11.8 Å². The van der Waals surface area contributed by atoms with E-state index in [4.69, 9.17) is 0 Å². The number of rotatable bonds is 5. The summed E-state index contributed by atoms with van der Waals surface area (Å²) >= 11 is 1.78. The predicted octanol–water partition coefficient (Wildman–Crippen LogP) is 4.44. The van der Waals surface area contributed by atoms with Crippen LogP contribution in [-0.4, -0.2) is 53.8 Å². The summed E-state index contributed by atoms with van der Waals surface area (Å²) in [6.07, 6.45) is 12.0. The molecule has 0 radical (unpaired) electrons. The normalized spacial score (nSPS) is 20.0. The molecule has 4 rings (SSSR count). The van der Waals surface area contributed by atoms with E-state index < -0.39 is 0 Å². The van der Waals surface area contributed by atoms with Crippen molar-refractivity contribution in [3.8, 4) is 0 Å². The number of hydrogen-bond acceptors (Lipinski definition) is 5. The van der Waals surface area contributed by atoms with Crippen LogP contribution in [-0.2, 0) is 0 Å². The molecule has 1 aromatic carbocycles. The fourth-order valence-corrected chi connectivity index (χ4v) is 4.82. The van der Waals surface area contributed by atoms with Crippen molar-refractivity contribution in [1.29, 1.82) is 0 Å². The zero-order chi connectivity index (χ0) is 17.8. The van der Waals surface area contributed by atoms with Crippen LogP contribution in [0.3, 0.4) is 0 Å². The van der Waals surface area contributed by atoms with Crippen LogP contribution in [0.4, 0.5) is 5.82 Å². The number of piperidine rings is 2. The van der Waals surface area contributed by atoms with Crippen molar-refractivity contribution in [3.63, 3.8) is 0 Å². The third kappa shape index (κ3) is 4.15. The minimum atomic E-state index is 0.878. The summed E-state index contributed by atoms with van der Waals surface area (Å²) in [5, 5.41) is 1.20. The van der Waals surface area contributed by atoms with Crippen molar-refractivity contribution in [2.24, 2.45) is 5.92 Å². The second-order valence-electron chi connectivity index (χ2n) is 7.70. The molecule has 2 aliphatic rings. The minimum absolute atomic E-state index is 0.878. The lowest BCUT2D eigenvalue weighted by atomic mass is 9.93. The van der Waals surface area contributed by atoms with Crippen LogP contribution in [0.25, 0.3) is 10.9 Å². The van der Waals surface area contributed by atoms with Crippen LogP contribution < -0.4 is 4.90 Å². The van der Waals surface area contributed by atoms with Gasteiger partial charge in [-0.25, -0.2) is 9.97 Å². The third-order valence-corrected chi connectivity index (χ3v) is 6.76. The Morgan fingerprint density at radius 2 is 1.85 bits per heavy atom. The molecule has 0 spiro atoms.